The number of phenolic OH excluding ortho intramolecular Hbond substituents is 1. The van der Waals surface area contributed by atoms with Crippen molar-refractivity contribution in [2.45, 2.75) is 32.3 Å². The van der Waals surface area contributed by atoms with Crippen LogP contribution in [0.3, 0.4) is 0 Å². The minimum atomic E-state index is 0.287. The molecule has 1 aliphatic rings. The first-order valence-corrected chi connectivity index (χ1v) is 5.80. The first kappa shape index (κ1) is 11.3. The van der Waals surface area contributed by atoms with Crippen molar-refractivity contribution in [1.29, 1.82) is 0 Å². The van der Waals surface area contributed by atoms with Crippen LogP contribution in [0.15, 0.2) is 18.2 Å². The second kappa shape index (κ2) is 5.21. The highest BCUT2D eigenvalue weighted by molar-refractivity contribution is 5.42. The van der Waals surface area contributed by atoms with Crippen LogP contribution in [0.5, 0.6) is 11.5 Å². The summed E-state index contributed by atoms with van der Waals surface area (Å²) in [6.45, 7) is 3.39. The molecule has 1 aromatic carbocycles. The molecule has 1 saturated heterocycles. The van der Waals surface area contributed by atoms with E-state index < -0.39 is 0 Å². The first-order valence-electron chi connectivity index (χ1n) is 5.80. The van der Waals surface area contributed by atoms with E-state index in [1.54, 1.807) is 12.1 Å². The average Bonchev–Trinajstić information content (AvgIpc) is 2.77. The molecule has 1 unspecified atom stereocenters. The summed E-state index contributed by atoms with van der Waals surface area (Å²) in [5.41, 5.74) is 0.801. The molecule has 1 N–H and O–H groups in total. The van der Waals surface area contributed by atoms with Gasteiger partial charge in [-0.2, -0.15) is 0 Å². The van der Waals surface area contributed by atoms with Crippen LogP contribution in [0.1, 0.15) is 24.8 Å². The van der Waals surface area contributed by atoms with Gasteiger partial charge in [-0.15, -0.1) is 0 Å². The van der Waals surface area contributed by atoms with Crippen molar-refractivity contribution in [3.63, 3.8) is 0 Å². The summed E-state index contributed by atoms with van der Waals surface area (Å²) < 4.78 is 11.2. The molecule has 0 spiro atoms. The maximum Gasteiger partial charge on any atom is 0.125 e. The lowest BCUT2D eigenvalue weighted by Crippen LogP contribution is -2.11. The van der Waals surface area contributed by atoms with Gasteiger partial charge in [0, 0.05) is 18.6 Å². The normalized spacial score (nSPS) is 19.9. The number of benzene rings is 1. The monoisotopic (exact) mass is 222 g/mol. The summed E-state index contributed by atoms with van der Waals surface area (Å²) in [6, 6.07) is 5.34. The maximum atomic E-state index is 9.51. The minimum absolute atomic E-state index is 0.287. The number of aromatic hydroxyl groups is 1. The number of rotatable bonds is 4. The number of ether oxygens (including phenoxy) is 2. The van der Waals surface area contributed by atoms with Crippen molar-refractivity contribution in [1.82, 2.24) is 0 Å². The Balaban J connectivity index is 1.82. The number of phenols is 1. The molecule has 88 valence electrons. The van der Waals surface area contributed by atoms with Gasteiger partial charge >= 0.3 is 0 Å². The van der Waals surface area contributed by atoms with Gasteiger partial charge in [-0.1, -0.05) is 6.07 Å². The van der Waals surface area contributed by atoms with E-state index in [0.717, 1.165) is 37.2 Å². The van der Waals surface area contributed by atoms with Gasteiger partial charge in [-0.3, -0.25) is 0 Å². The molecule has 3 heteroatoms. The molecule has 0 bridgehead atoms. The van der Waals surface area contributed by atoms with Crippen molar-refractivity contribution in [2.75, 3.05) is 13.2 Å². The van der Waals surface area contributed by atoms with E-state index in [4.69, 9.17) is 9.47 Å². The Morgan fingerprint density at radius 2 is 2.38 bits per heavy atom. The fourth-order valence-electron chi connectivity index (χ4n) is 1.93. The summed E-state index contributed by atoms with van der Waals surface area (Å²) in [7, 11) is 0. The Bertz CT molecular complexity index is 343. The fourth-order valence-corrected chi connectivity index (χ4v) is 1.93. The number of hydrogen-bond acceptors (Lipinski definition) is 3. The van der Waals surface area contributed by atoms with Crippen LogP contribution in [-0.4, -0.2) is 24.4 Å². The van der Waals surface area contributed by atoms with E-state index in [2.05, 4.69) is 0 Å². The van der Waals surface area contributed by atoms with Crippen molar-refractivity contribution in [2.24, 2.45) is 0 Å². The van der Waals surface area contributed by atoms with Crippen molar-refractivity contribution < 1.29 is 14.6 Å². The van der Waals surface area contributed by atoms with E-state index in [9.17, 15) is 5.11 Å². The molecular weight excluding hydrogens is 204 g/mol. The molecule has 0 aliphatic carbocycles. The molecule has 2 rings (SSSR count). The molecule has 0 saturated carbocycles. The Hall–Kier alpha value is -1.22. The molecule has 1 fully saturated rings. The fraction of sp³-hybridized carbons (Fsp3) is 0.538. The molecule has 0 radical (unpaired) electrons. The summed E-state index contributed by atoms with van der Waals surface area (Å²) >= 11 is 0. The number of hydrogen-bond donors (Lipinski definition) is 1. The largest absolute Gasteiger partial charge is 0.508 e. The van der Waals surface area contributed by atoms with Crippen LogP contribution in [0, 0.1) is 6.92 Å². The second-order valence-corrected chi connectivity index (χ2v) is 4.17. The lowest BCUT2D eigenvalue weighted by molar-refractivity contribution is 0.0902. The van der Waals surface area contributed by atoms with Gasteiger partial charge in [0.25, 0.3) is 0 Å². The zero-order valence-corrected chi connectivity index (χ0v) is 9.61. The topological polar surface area (TPSA) is 38.7 Å². The molecule has 0 amide bonds. The van der Waals surface area contributed by atoms with Crippen LogP contribution in [0.2, 0.25) is 0 Å². The van der Waals surface area contributed by atoms with E-state index in [1.807, 2.05) is 13.0 Å². The molecular formula is C13H18O3. The highest BCUT2D eigenvalue weighted by atomic mass is 16.5. The standard InChI is InChI=1S/C13H18O3/c1-10-12(14)5-2-6-13(10)16-9-7-11-4-3-8-15-11/h2,5-6,11,14H,3-4,7-9H2,1H3. The Labute approximate surface area is 96.0 Å². The quantitative estimate of drug-likeness (QED) is 0.851. The van der Waals surface area contributed by atoms with E-state index in [0.29, 0.717) is 12.7 Å². The molecule has 1 heterocycles. The van der Waals surface area contributed by atoms with E-state index in [-0.39, 0.29) is 5.75 Å². The van der Waals surface area contributed by atoms with Gasteiger partial charge in [0.15, 0.2) is 0 Å². The Kier molecular flexibility index (Phi) is 3.67. The Morgan fingerprint density at radius 1 is 1.50 bits per heavy atom. The van der Waals surface area contributed by atoms with Gasteiger partial charge in [0.1, 0.15) is 11.5 Å². The third-order valence-electron chi connectivity index (χ3n) is 2.98. The molecule has 3 nitrogen and oxygen atoms in total. The third kappa shape index (κ3) is 2.67. The van der Waals surface area contributed by atoms with Gasteiger partial charge in [0.2, 0.25) is 0 Å². The summed E-state index contributed by atoms with van der Waals surface area (Å²) in [5, 5.41) is 9.51. The van der Waals surface area contributed by atoms with Crippen LogP contribution in [0.4, 0.5) is 0 Å². The molecule has 1 atom stereocenters. The average molecular weight is 222 g/mol. The van der Waals surface area contributed by atoms with Crippen molar-refractivity contribution >= 4 is 0 Å². The molecule has 1 aliphatic heterocycles. The van der Waals surface area contributed by atoms with Crippen LogP contribution in [0.25, 0.3) is 0 Å². The summed E-state index contributed by atoms with van der Waals surface area (Å²) in [5.74, 6) is 1.05. The Morgan fingerprint density at radius 3 is 3.12 bits per heavy atom. The van der Waals surface area contributed by atoms with Crippen molar-refractivity contribution in [3.8, 4) is 11.5 Å². The highest BCUT2D eigenvalue weighted by Crippen LogP contribution is 2.26. The van der Waals surface area contributed by atoms with Crippen LogP contribution in [-0.2, 0) is 4.74 Å². The first-order chi connectivity index (χ1) is 7.77. The highest BCUT2D eigenvalue weighted by Gasteiger charge is 2.15. The third-order valence-corrected chi connectivity index (χ3v) is 2.98. The minimum Gasteiger partial charge on any atom is -0.508 e. The molecule has 16 heavy (non-hydrogen) atoms. The van der Waals surface area contributed by atoms with E-state index >= 15 is 0 Å². The zero-order valence-electron chi connectivity index (χ0n) is 9.61. The predicted octanol–water partition coefficient (Wildman–Crippen LogP) is 2.65. The van der Waals surface area contributed by atoms with Gasteiger partial charge in [0.05, 0.1) is 12.7 Å². The second-order valence-electron chi connectivity index (χ2n) is 4.17. The summed E-state index contributed by atoms with van der Waals surface area (Å²) in [4.78, 5) is 0. The zero-order chi connectivity index (χ0) is 11.4. The maximum absolute atomic E-state index is 9.51. The smallest absolute Gasteiger partial charge is 0.125 e. The predicted molar refractivity (Wildman–Crippen MR) is 61.9 cm³/mol. The van der Waals surface area contributed by atoms with Gasteiger partial charge in [-0.25, -0.2) is 0 Å². The molecule has 0 aromatic heterocycles. The van der Waals surface area contributed by atoms with E-state index in [1.165, 1.54) is 0 Å². The van der Waals surface area contributed by atoms with Crippen LogP contribution >= 0.6 is 0 Å². The summed E-state index contributed by atoms with van der Waals surface area (Å²) in [6.07, 6.45) is 3.59. The van der Waals surface area contributed by atoms with Gasteiger partial charge < -0.3 is 14.6 Å². The SMILES string of the molecule is Cc1c(O)cccc1OCCC1CCCO1. The molecule has 1 aromatic rings. The lowest BCUT2D eigenvalue weighted by atomic mass is 10.2. The lowest BCUT2D eigenvalue weighted by Gasteiger charge is -2.12. The van der Waals surface area contributed by atoms with Crippen LogP contribution < -0.4 is 4.74 Å². The van der Waals surface area contributed by atoms with Gasteiger partial charge in [-0.05, 0) is 31.9 Å². The van der Waals surface area contributed by atoms with Crippen molar-refractivity contribution in [3.05, 3.63) is 23.8 Å².